The monoisotopic (exact) mass is 265 g/mol. The smallest absolute Gasteiger partial charge is 0.138 e. The summed E-state index contributed by atoms with van der Waals surface area (Å²) in [7, 11) is 0. The van der Waals surface area contributed by atoms with Crippen LogP contribution in [0.5, 0.6) is 0 Å². The maximum absolute atomic E-state index is 5.28. The zero-order valence-corrected chi connectivity index (χ0v) is 12.5. The van der Waals surface area contributed by atoms with Gasteiger partial charge in [0.25, 0.3) is 0 Å². The first kappa shape index (κ1) is 14.5. The maximum Gasteiger partial charge on any atom is 0.138 e. The molecule has 0 amide bonds. The van der Waals surface area contributed by atoms with E-state index in [1.165, 1.54) is 37.8 Å². The van der Waals surface area contributed by atoms with Crippen molar-refractivity contribution < 1.29 is 4.52 Å². The van der Waals surface area contributed by atoms with Gasteiger partial charge in [-0.2, -0.15) is 0 Å². The largest absolute Gasteiger partial charge is 0.361 e. The first-order chi connectivity index (χ1) is 9.22. The lowest BCUT2D eigenvalue weighted by molar-refractivity contribution is 0.137. The number of likely N-dealkylation sites (tertiary alicyclic amines) is 1. The van der Waals surface area contributed by atoms with Crippen molar-refractivity contribution in [1.29, 1.82) is 0 Å². The van der Waals surface area contributed by atoms with E-state index in [4.69, 9.17) is 4.52 Å². The van der Waals surface area contributed by atoms with Gasteiger partial charge in [-0.05, 0) is 46.2 Å². The van der Waals surface area contributed by atoms with Crippen molar-refractivity contribution >= 4 is 0 Å². The predicted molar refractivity (Wildman–Crippen MR) is 77.2 cm³/mol. The highest BCUT2D eigenvalue weighted by atomic mass is 16.5. The summed E-state index contributed by atoms with van der Waals surface area (Å²) in [5.41, 5.74) is 2.32. The Labute approximate surface area is 116 Å². The van der Waals surface area contributed by atoms with E-state index in [-0.39, 0.29) is 0 Å². The van der Waals surface area contributed by atoms with Crippen LogP contribution in [0.15, 0.2) is 4.52 Å². The molecule has 2 heterocycles. The Kier molecular flexibility index (Phi) is 5.40. The molecule has 0 aromatic carbocycles. The third-order valence-electron chi connectivity index (χ3n) is 4.10. The van der Waals surface area contributed by atoms with Crippen LogP contribution in [0.3, 0.4) is 0 Å². The third-order valence-corrected chi connectivity index (χ3v) is 4.10. The Morgan fingerprint density at radius 2 is 2.21 bits per heavy atom. The molecule has 0 aliphatic carbocycles. The summed E-state index contributed by atoms with van der Waals surface area (Å²) in [6.45, 7) is 10.7. The van der Waals surface area contributed by atoms with Crippen LogP contribution in [-0.2, 0) is 6.54 Å². The summed E-state index contributed by atoms with van der Waals surface area (Å²) in [4.78, 5) is 2.60. The molecule has 0 radical (unpaired) electrons. The molecule has 1 aliphatic rings. The molecule has 2 rings (SSSR count). The van der Waals surface area contributed by atoms with E-state index in [0.717, 1.165) is 31.1 Å². The van der Waals surface area contributed by atoms with Crippen molar-refractivity contribution in [2.24, 2.45) is 0 Å². The minimum absolute atomic E-state index is 0.661. The number of nitrogens with zero attached hydrogens (tertiary/aromatic N) is 2. The molecule has 4 nitrogen and oxygen atoms in total. The van der Waals surface area contributed by atoms with Gasteiger partial charge in [0, 0.05) is 24.7 Å². The number of hydrogen-bond donors (Lipinski definition) is 1. The lowest BCUT2D eigenvalue weighted by Gasteiger charge is -2.35. The molecule has 0 bridgehead atoms. The standard InChI is InChI=1S/C15H27N3O/c1-4-8-16-10-14-7-5-6-9-18(14)11-15-12(2)17-19-13(15)3/h14,16H,4-11H2,1-3H3. The predicted octanol–water partition coefficient (Wildman–Crippen LogP) is 2.65. The minimum Gasteiger partial charge on any atom is -0.361 e. The Balaban J connectivity index is 1.95. The van der Waals surface area contributed by atoms with Crippen molar-refractivity contribution in [3.8, 4) is 0 Å². The van der Waals surface area contributed by atoms with E-state index < -0.39 is 0 Å². The first-order valence-electron chi connectivity index (χ1n) is 7.59. The molecule has 1 N–H and O–H groups in total. The molecule has 1 aliphatic heterocycles. The summed E-state index contributed by atoms with van der Waals surface area (Å²) < 4.78 is 5.28. The second kappa shape index (κ2) is 7.06. The van der Waals surface area contributed by atoms with Crippen molar-refractivity contribution in [2.45, 2.75) is 59.0 Å². The van der Waals surface area contributed by atoms with E-state index >= 15 is 0 Å². The van der Waals surface area contributed by atoms with Crippen molar-refractivity contribution in [1.82, 2.24) is 15.4 Å². The highest BCUT2D eigenvalue weighted by molar-refractivity contribution is 5.20. The molecule has 19 heavy (non-hydrogen) atoms. The molecule has 0 saturated carbocycles. The molecule has 0 spiro atoms. The molecule has 1 fully saturated rings. The first-order valence-corrected chi connectivity index (χ1v) is 7.59. The van der Waals surface area contributed by atoms with Gasteiger partial charge >= 0.3 is 0 Å². The summed E-state index contributed by atoms with van der Waals surface area (Å²) in [5, 5.41) is 7.63. The van der Waals surface area contributed by atoms with Gasteiger partial charge in [0.15, 0.2) is 0 Å². The van der Waals surface area contributed by atoms with Gasteiger partial charge in [-0.1, -0.05) is 18.5 Å². The zero-order valence-electron chi connectivity index (χ0n) is 12.5. The van der Waals surface area contributed by atoms with Crippen LogP contribution in [-0.4, -0.2) is 35.7 Å². The molecule has 1 aromatic heterocycles. The van der Waals surface area contributed by atoms with Crippen LogP contribution in [0.2, 0.25) is 0 Å². The topological polar surface area (TPSA) is 41.3 Å². The van der Waals surface area contributed by atoms with Crippen LogP contribution in [0.25, 0.3) is 0 Å². The van der Waals surface area contributed by atoms with Crippen LogP contribution in [0.1, 0.15) is 49.6 Å². The van der Waals surface area contributed by atoms with Gasteiger partial charge in [-0.15, -0.1) is 0 Å². The van der Waals surface area contributed by atoms with E-state index in [2.05, 4.69) is 22.3 Å². The summed E-state index contributed by atoms with van der Waals surface area (Å²) in [6, 6.07) is 0.661. The lowest BCUT2D eigenvalue weighted by Crippen LogP contribution is -2.45. The number of rotatable bonds is 6. The Bertz CT molecular complexity index is 369. The van der Waals surface area contributed by atoms with E-state index in [1.807, 2.05) is 13.8 Å². The second-order valence-corrected chi connectivity index (χ2v) is 5.63. The van der Waals surface area contributed by atoms with Gasteiger partial charge in [-0.3, -0.25) is 4.90 Å². The zero-order chi connectivity index (χ0) is 13.7. The highest BCUT2D eigenvalue weighted by Gasteiger charge is 2.24. The SMILES string of the molecule is CCCNCC1CCCCN1Cc1c(C)noc1C. The highest BCUT2D eigenvalue weighted by Crippen LogP contribution is 2.22. The lowest BCUT2D eigenvalue weighted by atomic mass is 10.0. The average molecular weight is 265 g/mol. The van der Waals surface area contributed by atoms with Gasteiger partial charge in [-0.25, -0.2) is 0 Å². The van der Waals surface area contributed by atoms with Crippen molar-refractivity contribution in [3.63, 3.8) is 0 Å². The number of aromatic nitrogens is 1. The van der Waals surface area contributed by atoms with Crippen molar-refractivity contribution in [3.05, 3.63) is 17.0 Å². The normalized spacial score (nSPS) is 20.9. The van der Waals surface area contributed by atoms with Crippen LogP contribution >= 0.6 is 0 Å². The number of aryl methyl sites for hydroxylation is 2. The summed E-state index contributed by atoms with van der Waals surface area (Å²) in [6.07, 6.45) is 5.18. The fraction of sp³-hybridized carbons (Fsp3) is 0.800. The van der Waals surface area contributed by atoms with Gasteiger partial charge in [0.2, 0.25) is 0 Å². The van der Waals surface area contributed by atoms with Crippen LogP contribution in [0, 0.1) is 13.8 Å². The number of nitrogens with one attached hydrogen (secondary N) is 1. The van der Waals surface area contributed by atoms with E-state index in [0.29, 0.717) is 6.04 Å². The molecular formula is C15H27N3O. The third kappa shape index (κ3) is 3.80. The fourth-order valence-electron chi connectivity index (χ4n) is 2.88. The molecular weight excluding hydrogens is 238 g/mol. The Hall–Kier alpha value is -0.870. The van der Waals surface area contributed by atoms with Gasteiger partial charge in [0.1, 0.15) is 5.76 Å². The molecule has 108 valence electrons. The minimum atomic E-state index is 0.661. The number of hydrogen-bond acceptors (Lipinski definition) is 4. The number of piperidine rings is 1. The molecule has 1 unspecified atom stereocenters. The average Bonchev–Trinajstić information content (AvgIpc) is 2.73. The van der Waals surface area contributed by atoms with Crippen LogP contribution < -0.4 is 5.32 Å². The summed E-state index contributed by atoms with van der Waals surface area (Å²) >= 11 is 0. The molecule has 1 atom stereocenters. The quantitative estimate of drug-likeness (QED) is 0.803. The Morgan fingerprint density at radius 1 is 1.37 bits per heavy atom. The van der Waals surface area contributed by atoms with Gasteiger partial charge in [0.05, 0.1) is 5.69 Å². The van der Waals surface area contributed by atoms with Crippen LogP contribution in [0.4, 0.5) is 0 Å². The molecule has 1 saturated heterocycles. The molecule has 4 heteroatoms. The summed E-state index contributed by atoms with van der Waals surface area (Å²) in [5.74, 6) is 0.975. The van der Waals surface area contributed by atoms with Gasteiger partial charge < -0.3 is 9.84 Å². The fourth-order valence-corrected chi connectivity index (χ4v) is 2.88. The second-order valence-electron chi connectivity index (χ2n) is 5.63. The van der Waals surface area contributed by atoms with E-state index in [1.54, 1.807) is 0 Å². The van der Waals surface area contributed by atoms with E-state index in [9.17, 15) is 0 Å². The Morgan fingerprint density at radius 3 is 2.89 bits per heavy atom. The maximum atomic E-state index is 5.28. The van der Waals surface area contributed by atoms with Crippen molar-refractivity contribution in [2.75, 3.05) is 19.6 Å². The molecule has 1 aromatic rings.